The van der Waals surface area contributed by atoms with Crippen molar-refractivity contribution in [1.82, 2.24) is 14.9 Å². The summed E-state index contributed by atoms with van der Waals surface area (Å²) < 4.78 is 0. The van der Waals surface area contributed by atoms with Gasteiger partial charge in [0.15, 0.2) is 5.78 Å². The average molecular weight is 326 g/mol. The van der Waals surface area contributed by atoms with Crippen molar-refractivity contribution in [2.45, 2.75) is 20.8 Å². The molecule has 0 saturated carbocycles. The van der Waals surface area contributed by atoms with Gasteiger partial charge in [-0.25, -0.2) is 0 Å². The predicted octanol–water partition coefficient (Wildman–Crippen LogP) is 2.19. The topological polar surface area (TPSA) is 69.3 Å². The minimum atomic E-state index is -0.0301. The first-order valence-electron chi connectivity index (χ1n) is 8.13. The zero-order chi connectivity index (χ0) is 17.3. The van der Waals surface area contributed by atoms with Crippen LogP contribution in [0.4, 0.5) is 5.69 Å². The number of rotatable bonds is 3. The number of nitrogens with zero attached hydrogens (tertiary/aromatic N) is 3. The molecule has 126 valence electrons. The molecule has 0 radical (unpaired) electrons. The van der Waals surface area contributed by atoms with Gasteiger partial charge in [0.05, 0.1) is 0 Å². The Kier molecular flexibility index (Phi) is 4.38. The number of hydrogen-bond acceptors (Lipinski definition) is 4. The van der Waals surface area contributed by atoms with E-state index >= 15 is 0 Å². The zero-order valence-corrected chi connectivity index (χ0v) is 14.3. The number of piperazine rings is 1. The summed E-state index contributed by atoms with van der Waals surface area (Å²) in [6, 6.07) is 3.96. The summed E-state index contributed by atoms with van der Waals surface area (Å²) in [5.41, 5.74) is 3.81. The van der Waals surface area contributed by atoms with Crippen LogP contribution in [-0.2, 0) is 0 Å². The lowest BCUT2D eigenvalue weighted by Crippen LogP contribution is -2.49. The van der Waals surface area contributed by atoms with Crippen LogP contribution in [0.5, 0.6) is 0 Å². The maximum absolute atomic E-state index is 12.8. The van der Waals surface area contributed by atoms with E-state index in [1.165, 1.54) is 6.92 Å². The molecular formula is C18H22N4O2. The summed E-state index contributed by atoms with van der Waals surface area (Å²) >= 11 is 0. The highest BCUT2D eigenvalue weighted by molar-refractivity contribution is 6.02. The molecule has 2 aromatic rings. The highest BCUT2D eigenvalue weighted by atomic mass is 16.2. The van der Waals surface area contributed by atoms with Gasteiger partial charge in [0.2, 0.25) is 0 Å². The third-order valence-corrected chi connectivity index (χ3v) is 4.60. The fourth-order valence-corrected chi connectivity index (χ4v) is 3.37. The SMILES string of the molecule is CC(=O)c1c(C)[nH]c(C(=O)N2CCN(c3ccncc3)CC2)c1C. The van der Waals surface area contributed by atoms with Gasteiger partial charge in [-0.3, -0.25) is 14.6 Å². The Labute approximate surface area is 141 Å². The Bertz CT molecular complexity index is 759. The quantitative estimate of drug-likeness (QED) is 0.878. The van der Waals surface area contributed by atoms with E-state index in [0.717, 1.165) is 30.0 Å². The van der Waals surface area contributed by atoms with Crippen molar-refractivity contribution >= 4 is 17.4 Å². The first-order chi connectivity index (χ1) is 11.5. The van der Waals surface area contributed by atoms with Crippen molar-refractivity contribution in [2.24, 2.45) is 0 Å². The largest absolute Gasteiger partial charge is 0.368 e. The fourth-order valence-electron chi connectivity index (χ4n) is 3.37. The van der Waals surface area contributed by atoms with E-state index in [0.29, 0.717) is 24.3 Å². The average Bonchev–Trinajstić information content (AvgIpc) is 2.89. The minimum absolute atomic E-state index is 0.0113. The van der Waals surface area contributed by atoms with E-state index in [4.69, 9.17) is 0 Å². The molecule has 1 saturated heterocycles. The third-order valence-electron chi connectivity index (χ3n) is 4.60. The number of aryl methyl sites for hydroxylation is 1. The number of hydrogen-bond donors (Lipinski definition) is 1. The number of anilines is 1. The number of pyridine rings is 1. The van der Waals surface area contributed by atoms with Crippen LogP contribution in [0, 0.1) is 13.8 Å². The smallest absolute Gasteiger partial charge is 0.270 e. The second kappa shape index (κ2) is 6.47. The lowest BCUT2D eigenvalue weighted by molar-refractivity contribution is 0.0740. The van der Waals surface area contributed by atoms with Gasteiger partial charge in [-0.1, -0.05) is 0 Å². The number of nitrogens with one attached hydrogen (secondary N) is 1. The monoisotopic (exact) mass is 326 g/mol. The summed E-state index contributed by atoms with van der Waals surface area (Å²) in [4.78, 5) is 35.8. The normalized spacial score (nSPS) is 14.8. The fraction of sp³-hybridized carbons (Fsp3) is 0.389. The van der Waals surface area contributed by atoms with Crippen LogP contribution in [0.3, 0.4) is 0 Å². The Morgan fingerprint density at radius 3 is 2.25 bits per heavy atom. The van der Waals surface area contributed by atoms with Crippen LogP contribution in [0.25, 0.3) is 0 Å². The lowest BCUT2D eigenvalue weighted by Gasteiger charge is -2.36. The van der Waals surface area contributed by atoms with Crippen molar-refractivity contribution in [3.05, 3.63) is 47.0 Å². The van der Waals surface area contributed by atoms with Gasteiger partial charge in [-0.05, 0) is 38.5 Å². The molecule has 0 aliphatic carbocycles. The first-order valence-corrected chi connectivity index (χ1v) is 8.13. The maximum Gasteiger partial charge on any atom is 0.270 e. The van der Waals surface area contributed by atoms with Gasteiger partial charge >= 0.3 is 0 Å². The Balaban J connectivity index is 1.72. The van der Waals surface area contributed by atoms with Crippen LogP contribution in [0.15, 0.2) is 24.5 Å². The van der Waals surface area contributed by atoms with Crippen molar-refractivity contribution < 1.29 is 9.59 Å². The second-order valence-electron chi connectivity index (χ2n) is 6.17. The maximum atomic E-state index is 12.8. The van der Waals surface area contributed by atoms with Crippen molar-refractivity contribution in [1.29, 1.82) is 0 Å². The number of aromatic amines is 1. The molecule has 0 spiro atoms. The summed E-state index contributed by atoms with van der Waals surface area (Å²) in [6.07, 6.45) is 3.56. The molecule has 1 amide bonds. The second-order valence-corrected chi connectivity index (χ2v) is 6.17. The number of aromatic nitrogens is 2. The molecule has 6 nitrogen and oxygen atoms in total. The summed E-state index contributed by atoms with van der Waals surface area (Å²) in [6.45, 7) is 8.09. The number of ketones is 1. The Morgan fingerprint density at radius 1 is 1.08 bits per heavy atom. The van der Waals surface area contributed by atoms with E-state index in [1.54, 1.807) is 12.4 Å². The van der Waals surface area contributed by atoms with Crippen molar-refractivity contribution in [3.8, 4) is 0 Å². The molecule has 6 heteroatoms. The number of carbonyl (C=O) groups is 2. The number of H-pyrrole nitrogens is 1. The summed E-state index contributed by atoms with van der Waals surface area (Å²) in [5.74, 6) is -0.0414. The van der Waals surface area contributed by atoms with Gasteiger partial charge in [-0.2, -0.15) is 0 Å². The lowest BCUT2D eigenvalue weighted by atomic mass is 10.1. The first kappa shape index (κ1) is 16.2. The molecule has 0 bridgehead atoms. The number of Topliss-reactive ketones (excluding diaryl/α,β-unsaturated/α-hetero) is 1. The minimum Gasteiger partial charge on any atom is -0.368 e. The molecule has 0 aromatic carbocycles. The summed E-state index contributed by atoms with van der Waals surface area (Å²) in [7, 11) is 0. The van der Waals surface area contributed by atoms with Crippen LogP contribution < -0.4 is 4.90 Å². The molecule has 0 atom stereocenters. The zero-order valence-electron chi connectivity index (χ0n) is 14.3. The molecule has 1 aliphatic heterocycles. The van der Waals surface area contributed by atoms with Crippen LogP contribution in [0.1, 0.15) is 39.0 Å². The Hall–Kier alpha value is -2.63. The summed E-state index contributed by atoms with van der Waals surface area (Å²) in [5, 5.41) is 0. The van der Waals surface area contributed by atoms with E-state index in [-0.39, 0.29) is 11.7 Å². The molecule has 3 heterocycles. The molecule has 1 aliphatic rings. The van der Waals surface area contributed by atoms with Crippen LogP contribution in [-0.4, -0.2) is 52.7 Å². The molecule has 3 rings (SSSR count). The van der Waals surface area contributed by atoms with Gasteiger partial charge in [0.25, 0.3) is 5.91 Å². The van der Waals surface area contributed by atoms with Gasteiger partial charge < -0.3 is 14.8 Å². The van der Waals surface area contributed by atoms with Crippen molar-refractivity contribution in [3.63, 3.8) is 0 Å². The number of amides is 1. The predicted molar refractivity (Wildman–Crippen MR) is 92.6 cm³/mol. The molecule has 2 aromatic heterocycles. The van der Waals surface area contributed by atoms with Crippen LogP contribution >= 0.6 is 0 Å². The Morgan fingerprint density at radius 2 is 1.71 bits per heavy atom. The van der Waals surface area contributed by atoms with E-state index in [9.17, 15) is 9.59 Å². The molecule has 1 fully saturated rings. The van der Waals surface area contributed by atoms with Crippen LogP contribution in [0.2, 0.25) is 0 Å². The van der Waals surface area contributed by atoms with Gasteiger partial charge in [0.1, 0.15) is 5.69 Å². The van der Waals surface area contributed by atoms with Gasteiger partial charge in [0, 0.05) is 55.5 Å². The highest BCUT2D eigenvalue weighted by Crippen LogP contribution is 2.21. The standard InChI is InChI=1S/C18H22N4O2/c1-12-16(14(3)23)13(2)20-17(12)18(24)22-10-8-21(9-11-22)15-4-6-19-7-5-15/h4-7,20H,8-11H2,1-3H3. The van der Waals surface area contributed by atoms with Crippen molar-refractivity contribution in [2.75, 3.05) is 31.1 Å². The number of carbonyl (C=O) groups excluding carboxylic acids is 2. The highest BCUT2D eigenvalue weighted by Gasteiger charge is 2.26. The molecule has 24 heavy (non-hydrogen) atoms. The molecule has 0 unspecified atom stereocenters. The van der Waals surface area contributed by atoms with E-state index in [2.05, 4.69) is 14.9 Å². The van der Waals surface area contributed by atoms with E-state index < -0.39 is 0 Å². The van der Waals surface area contributed by atoms with Gasteiger partial charge in [-0.15, -0.1) is 0 Å². The molecular weight excluding hydrogens is 304 g/mol. The third kappa shape index (κ3) is 2.91. The van der Waals surface area contributed by atoms with E-state index in [1.807, 2.05) is 30.9 Å². The molecule has 1 N–H and O–H groups in total.